The van der Waals surface area contributed by atoms with E-state index in [2.05, 4.69) is 164 Å². The smallest absolute Gasteiger partial charge is 0.161 e. The van der Waals surface area contributed by atoms with Crippen molar-refractivity contribution < 1.29 is 4.42 Å². The number of para-hydroxylation sites is 1. The van der Waals surface area contributed by atoms with Gasteiger partial charge in [-0.2, -0.15) is 0 Å². The SMILES string of the molecule is N=C(N=C(N=Cc1ccc2ccccc2c1)c1ccc(-c2ccc3ccccc3c2)cc1)c1cccc(-c2ccc(-c3ccc4sc5ccccc5c4c3)c3oc4ccccc4c23)c1. The van der Waals surface area contributed by atoms with Gasteiger partial charge in [-0.05, 0) is 103 Å². The summed E-state index contributed by atoms with van der Waals surface area (Å²) in [6.45, 7) is 0. The van der Waals surface area contributed by atoms with Crippen LogP contribution in [0, 0.1) is 5.41 Å². The van der Waals surface area contributed by atoms with Crippen LogP contribution >= 0.6 is 11.3 Å². The summed E-state index contributed by atoms with van der Waals surface area (Å²) < 4.78 is 9.28. The van der Waals surface area contributed by atoms with E-state index in [0.29, 0.717) is 11.4 Å². The van der Waals surface area contributed by atoms with E-state index in [4.69, 9.17) is 14.4 Å². The minimum Gasteiger partial charge on any atom is -0.455 e. The summed E-state index contributed by atoms with van der Waals surface area (Å²) in [7, 11) is 0. The van der Waals surface area contributed by atoms with Gasteiger partial charge in [-0.25, -0.2) is 9.98 Å². The molecule has 0 saturated heterocycles. The molecule has 0 radical (unpaired) electrons. The molecule has 0 bridgehead atoms. The molecule has 0 spiro atoms. The third kappa shape index (κ3) is 6.76. The van der Waals surface area contributed by atoms with Crippen LogP contribution in [0.4, 0.5) is 0 Å². The van der Waals surface area contributed by atoms with Crippen molar-refractivity contribution in [3.05, 3.63) is 229 Å². The number of rotatable bonds is 6. The number of nitrogens with zero attached hydrogens (tertiary/aromatic N) is 2. The number of furan rings is 1. The van der Waals surface area contributed by atoms with E-state index < -0.39 is 0 Å². The summed E-state index contributed by atoms with van der Waals surface area (Å²) >= 11 is 1.82. The van der Waals surface area contributed by atoms with Gasteiger partial charge in [0.1, 0.15) is 11.2 Å². The number of aliphatic imine (C=N–C) groups is 2. The largest absolute Gasteiger partial charge is 0.455 e. The fraction of sp³-hybridized carbons (Fsp3) is 0. The van der Waals surface area contributed by atoms with Crippen molar-refractivity contribution in [2.24, 2.45) is 9.98 Å². The van der Waals surface area contributed by atoms with Crippen LogP contribution in [0.5, 0.6) is 0 Å². The highest BCUT2D eigenvalue weighted by atomic mass is 32.1. The van der Waals surface area contributed by atoms with Crippen LogP contribution in [0.2, 0.25) is 0 Å². The molecule has 300 valence electrons. The maximum Gasteiger partial charge on any atom is 0.161 e. The first-order valence-electron chi connectivity index (χ1n) is 21.4. The Balaban J connectivity index is 0.933. The number of hydrogen-bond acceptors (Lipinski definition) is 3. The van der Waals surface area contributed by atoms with E-state index in [1.807, 2.05) is 66.1 Å². The number of benzene rings is 10. The van der Waals surface area contributed by atoms with Crippen molar-refractivity contribution >= 4 is 92.9 Å². The number of thiophene rings is 1. The lowest BCUT2D eigenvalue weighted by Crippen LogP contribution is -2.05. The predicted molar refractivity (Wildman–Crippen MR) is 272 cm³/mol. The van der Waals surface area contributed by atoms with Gasteiger partial charge in [0.2, 0.25) is 0 Å². The van der Waals surface area contributed by atoms with Gasteiger partial charge >= 0.3 is 0 Å². The van der Waals surface area contributed by atoms with E-state index in [1.54, 1.807) is 0 Å². The van der Waals surface area contributed by atoms with E-state index in [-0.39, 0.29) is 5.84 Å². The molecule has 0 aliphatic heterocycles. The Kier molecular flexibility index (Phi) is 9.13. The van der Waals surface area contributed by atoms with Gasteiger partial charge in [0.05, 0.1) is 0 Å². The zero-order chi connectivity index (χ0) is 42.6. The Morgan fingerprint density at radius 3 is 1.95 bits per heavy atom. The molecular formula is C59H37N3OS. The van der Waals surface area contributed by atoms with Gasteiger partial charge in [0.25, 0.3) is 0 Å². The Labute approximate surface area is 373 Å². The Hall–Kier alpha value is -8.25. The van der Waals surface area contributed by atoms with Crippen LogP contribution in [0.3, 0.4) is 0 Å². The molecular weight excluding hydrogens is 799 g/mol. The van der Waals surface area contributed by atoms with Gasteiger partial charge in [-0.3, -0.25) is 5.41 Å². The summed E-state index contributed by atoms with van der Waals surface area (Å²) in [5, 5.41) is 18.8. The molecule has 0 atom stereocenters. The lowest BCUT2D eigenvalue weighted by Gasteiger charge is -2.10. The molecule has 0 aliphatic carbocycles. The molecule has 2 aromatic heterocycles. The van der Waals surface area contributed by atoms with E-state index in [1.165, 1.54) is 36.3 Å². The molecule has 12 rings (SSSR count). The van der Waals surface area contributed by atoms with Crippen LogP contribution in [0.1, 0.15) is 16.7 Å². The normalized spacial score (nSPS) is 12.2. The second-order valence-corrected chi connectivity index (χ2v) is 17.2. The minimum absolute atomic E-state index is 0.118. The highest BCUT2D eigenvalue weighted by molar-refractivity contribution is 7.25. The van der Waals surface area contributed by atoms with Crippen molar-refractivity contribution in [2.45, 2.75) is 0 Å². The molecule has 4 nitrogen and oxygen atoms in total. The standard InChI is InChI=1S/C59H37N3OS/c60-58(62-59(61-36-37-20-21-38-10-1-3-12-42(38)32-37)41-25-22-40(23-26-41)44-27-24-39-11-2-4-13-43(39)33-44)47-15-9-14-45(34-47)48-29-30-49(57-56(48)51-17-5-7-18-53(51)63-57)46-28-31-55-52(35-46)50-16-6-8-19-54(50)64-55/h1-36,60H. The maximum absolute atomic E-state index is 9.45. The van der Waals surface area contributed by atoms with Crippen LogP contribution in [-0.4, -0.2) is 17.9 Å². The highest BCUT2D eigenvalue weighted by Gasteiger charge is 2.19. The van der Waals surface area contributed by atoms with Gasteiger partial charge < -0.3 is 4.42 Å². The molecule has 5 heteroatoms. The molecule has 1 N–H and O–H groups in total. The summed E-state index contributed by atoms with van der Waals surface area (Å²) in [5.74, 6) is 0.573. The predicted octanol–water partition coefficient (Wildman–Crippen LogP) is 16.2. The summed E-state index contributed by atoms with van der Waals surface area (Å²) in [6.07, 6.45) is 1.84. The lowest BCUT2D eigenvalue weighted by molar-refractivity contribution is 0.670. The summed E-state index contributed by atoms with van der Waals surface area (Å²) in [6, 6.07) is 73.9. The zero-order valence-corrected chi connectivity index (χ0v) is 35.3. The molecule has 0 saturated carbocycles. The first kappa shape index (κ1) is 37.5. The molecule has 2 heterocycles. The van der Waals surface area contributed by atoms with Crippen LogP contribution in [0.15, 0.2) is 227 Å². The quantitative estimate of drug-likeness (QED) is 0.132. The molecule has 10 aromatic carbocycles. The third-order valence-corrected chi connectivity index (χ3v) is 13.4. The Morgan fingerprint density at radius 2 is 1.11 bits per heavy atom. The highest BCUT2D eigenvalue weighted by Crippen LogP contribution is 2.44. The first-order valence-corrected chi connectivity index (χ1v) is 22.2. The average molecular weight is 836 g/mol. The van der Waals surface area contributed by atoms with Gasteiger partial charge in [-0.15, -0.1) is 11.3 Å². The number of fused-ring (bicyclic) bond motifs is 8. The maximum atomic E-state index is 9.45. The van der Waals surface area contributed by atoms with E-state index in [9.17, 15) is 5.41 Å². The monoisotopic (exact) mass is 835 g/mol. The minimum atomic E-state index is 0.118. The van der Waals surface area contributed by atoms with Crippen molar-refractivity contribution in [1.82, 2.24) is 0 Å². The van der Waals surface area contributed by atoms with Gasteiger partial charge in [0.15, 0.2) is 11.7 Å². The molecule has 0 unspecified atom stereocenters. The fourth-order valence-electron chi connectivity index (χ4n) is 8.97. The second-order valence-electron chi connectivity index (χ2n) is 16.1. The Bertz CT molecular complexity index is 3870. The zero-order valence-electron chi connectivity index (χ0n) is 34.5. The fourth-order valence-corrected chi connectivity index (χ4v) is 10.1. The molecule has 12 aromatic rings. The van der Waals surface area contributed by atoms with E-state index >= 15 is 0 Å². The Morgan fingerprint density at radius 1 is 0.453 bits per heavy atom. The van der Waals surface area contributed by atoms with Gasteiger partial charge in [-0.1, -0.05) is 164 Å². The van der Waals surface area contributed by atoms with Crippen molar-refractivity contribution in [3.63, 3.8) is 0 Å². The van der Waals surface area contributed by atoms with Crippen molar-refractivity contribution in [1.29, 1.82) is 5.41 Å². The van der Waals surface area contributed by atoms with Gasteiger partial charge in [0, 0.05) is 53.8 Å². The van der Waals surface area contributed by atoms with Crippen LogP contribution in [-0.2, 0) is 0 Å². The number of nitrogens with one attached hydrogen (secondary N) is 1. The molecule has 0 fully saturated rings. The first-order chi connectivity index (χ1) is 31.6. The molecule has 64 heavy (non-hydrogen) atoms. The van der Waals surface area contributed by atoms with Crippen LogP contribution < -0.4 is 0 Å². The summed E-state index contributed by atoms with van der Waals surface area (Å²) in [4.78, 5) is 9.93. The number of amidine groups is 2. The average Bonchev–Trinajstić information content (AvgIpc) is 3.94. The van der Waals surface area contributed by atoms with Crippen LogP contribution in [0.25, 0.3) is 97.0 Å². The molecule has 0 aliphatic rings. The topological polar surface area (TPSA) is 61.7 Å². The number of hydrogen-bond donors (Lipinski definition) is 1. The third-order valence-electron chi connectivity index (χ3n) is 12.2. The summed E-state index contributed by atoms with van der Waals surface area (Å²) in [5.41, 5.74) is 10.5. The van der Waals surface area contributed by atoms with E-state index in [0.717, 1.165) is 71.8 Å². The van der Waals surface area contributed by atoms with Crippen molar-refractivity contribution in [3.8, 4) is 33.4 Å². The lowest BCUT2D eigenvalue weighted by atomic mass is 9.93. The van der Waals surface area contributed by atoms with Crippen molar-refractivity contribution in [2.75, 3.05) is 0 Å². The molecule has 0 amide bonds. The second kappa shape index (κ2) is 15.6.